The zero-order chi connectivity index (χ0) is 19.0. The number of fused-ring (bicyclic) bond motifs is 1. The van der Waals surface area contributed by atoms with E-state index in [1.54, 1.807) is 0 Å². The topological polar surface area (TPSA) is 84.2 Å². The Morgan fingerprint density at radius 2 is 1.78 bits per heavy atom. The maximum atomic E-state index is 11.8. The van der Waals surface area contributed by atoms with Gasteiger partial charge in [-0.05, 0) is 18.6 Å². The average Bonchev–Trinajstić information content (AvgIpc) is 2.86. The number of anilines is 1. The molecule has 2 aromatic heterocycles. The highest BCUT2D eigenvalue weighted by Crippen LogP contribution is 2.23. The molecule has 1 saturated heterocycles. The molecule has 0 aliphatic carbocycles. The molecule has 1 aliphatic rings. The molecule has 0 N–H and O–H groups in total. The van der Waals surface area contributed by atoms with Crippen molar-refractivity contribution >= 4 is 26.9 Å². The summed E-state index contributed by atoms with van der Waals surface area (Å²) in [4.78, 5) is 6.78. The van der Waals surface area contributed by atoms with Gasteiger partial charge in [0.05, 0.1) is 11.8 Å². The molecular weight excluding hydrogens is 364 g/mol. The Hall–Kier alpha value is -2.52. The maximum absolute atomic E-state index is 11.8. The molecule has 0 spiro atoms. The zero-order valence-electron chi connectivity index (χ0n) is 15.4. The Balaban J connectivity index is 1.62. The van der Waals surface area contributed by atoms with Crippen LogP contribution in [0.5, 0.6) is 0 Å². The molecule has 0 atom stereocenters. The predicted octanol–water partition coefficient (Wildman–Crippen LogP) is 1.50. The molecule has 3 heterocycles. The van der Waals surface area contributed by atoms with Gasteiger partial charge in [-0.1, -0.05) is 24.3 Å². The number of para-hydroxylation sites is 1. The normalized spacial score (nSPS) is 16.6. The number of hydrogen-bond donors (Lipinski definition) is 0. The second-order valence-corrected chi connectivity index (χ2v) is 8.76. The minimum Gasteiger partial charge on any atom is -0.340 e. The third-order valence-corrected chi connectivity index (χ3v) is 6.19. The molecule has 0 unspecified atom stereocenters. The second-order valence-electron chi connectivity index (χ2n) is 6.77. The minimum absolute atomic E-state index is 0.454. The van der Waals surface area contributed by atoms with Gasteiger partial charge in [0.1, 0.15) is 5.69 Å². The van der Waals surface area contributed by atoms with Crippen LogP contribution < -0.4 is 4.90 Å². The van der Waals surface area contributed by atoms with E-state index in [4.69, 9.17) is 4.98 Å². The van der Waals surface area contributed by atoms with Crippen molar-refractivity contribution in [2.45, 2.75) is 6.42 Å². The van der Waals surface area contributed by atoms with E-state index in [2.05, 4.69) is 15.1 Å². The van der Waals surface area contributed by atoms with Crippen molar-refractivity contribution in [3.05, 3.63) is 36.4 Å². The summed E-state index contributed by atoms with van der Waals surface area (Å²) in [6, 6.07) is 11.9. The molecule has 1 fully saturated rings. The lowest BCUT2D eigenvalue weighted by molar-refractivity contribution is 0.437. The van der Waals surface area contributed by atoms with Crippen LogP contribution in [0.4, 0.5) is 5.95 Å². The number of pyridine rings is 1. The second kappa shape index (κ2) is 6.90. The van der Waals surface area contributed by atoms with Crippen LogP contribution in [-0.2, 0) is 17.1 Å². The first kappa shape index (κ1) is 17.9. The minimum atomic E-state index is -3.17. The molecule has 4 rings (SSSR count). The Morgan fingerprint density at radius 3 is 2.59 bits per heavy atom. The van der Waals surface area contributed by atoms with Crippen molar-refractivity contribution < 1.29 is 8.42 Å². The van der Waals surface area contributed by atoms with E-state index in [9.17, 15) is 8.42 Å². The molecular formula is C18H22N6O2S. The van der Waals surface area contributed by atoms with Crippen LogP contribution in [0.25, 0.3) is 22.4 Å². The number of aromatic nitrogens is 4. The van der Waals surface area contributed by atoms with E-state index in [0.29, 0.717) is 25.5 Å². The molecule has 142 valence electrons. The van der Waals surface area contributed by atoms with Crippen LogP contribution >= 0.6 is 0 Å². The first-order chi connectivity index (χ1) is 12.9. The summed E-state index contributed by atoms with van der Waals surface area (Å²) in [5, 5.41) is 9.78. The fourth-order valence-corrected chi connectivity index (χ4v) is 4.31. The molecule has 0 saturated carbocycles. The molecule has 1 aliphatic heterocycles. The van der Waals surface area contributed by atoms with E-state index in [0.717, 1.165) is 35.5 Å². The summed E-state index contributed by atoms with van der Waals surface area (Å²) < 4.78 is 27.1. The first-order valence-electron chi connectivity index (χ1n) is 8.89. The van der Waals surface area contributed by atoms with Crippen molar-refractivity contribution in [3.8, 4) is 11.5 Å². The fourth-order valence-electron chi connectivity index (χ4n) is 3.44. The number of sulfonamides is 1. The van der Waals surface area contributed by atoms with Crippen molar-refractivity contribution in [2.75, 3.05) is 37.3 Å². The van der Waals surface area contributed by atoms with Crippen molar-refractivity contribution in [1.29, 1.82) is 0 Å². The summed E-state index contributed by atoms with van der Waals surface area (Å²) >= 11 is 0. The van der Waals surface area contributed by atoms with E-state index in [-0.39, 0.29) is 0 Å². The van der Waals surface area contributed by atoms with E-state index in [1.165, 1.54) is 10.6 Å². The van der Waals surface area contributed by atoms with Gasteiger partial charge in [0.2, 0.25) is 16.0 Å². The molecule has 9 heteroatoms. The van der Waals surface area contributed by atoms with Gasteiger partial charge in [0.25, 0.3) is 0 Å². The summed E-state index contributed by atoms with van der Waals surface area (Å²) in [5.74, 6) is 1.43. The maximum Gasteiger partial charge on any atom is 0.227 e. The molecule has 0 radical (unpaired) electrons. The largest absolute Gasteiger partial charge is 0.340 e. The highest BCUT2D eigenvalue weighted by molar-refractivity contribution is 7.88. The molecule has 8 nitrogen and oxygen atoms in total. The summed E-state index contributed by atoms with van der Waals surface area (Å²) in [6.07, 6.45) is 2.01. The van der Waals surface area contributed by atoms with Gasteiger partial charge in [-0.15, -0.1) is 10.2 Å². The SMILES string of the molecule is Cn1c(-c2ccc3ccccc3n2)nnc1N1CCCN(S(C)(=O)=O)CC1. The highest BCUT2D eigenvalue weighted by Gasteiger charge is 2.24. The van der Waals surface area contributed by atoms with Crippen LogP contribution in [-0.4, -0.2) is 64.9 Å². The molecule has 27 heavy (non-hydrogen) atoms. The lowest BCUT2D eigenvalue weighted by Gasteiger charge is -2.21. The third-order valence-electron chi connectivity index (χ3n) is 4.89. The smallest absolute Gasteiger partial charge is 0.227 e. The van der Waals surface area contributed by atoms with Crippen molar-refractivity contribution in [1.82, 2.24) is 24.1 Å². The summed E-state index contributed by atoms with van der Waals surface area (Å²) in [7, 11) is -1.25. The Bertz CT molecular complexity index is 1080. The molecule has 1 aromatic carbocycles. The number of rotatable bonds is 3. The van der Waals surface area contributed by atoms with Gasteiger partial charge in [0, 0.05) is 38.6 Å². The lowest BCUT2D eigenvalue weighted by atomic mass is 10.2. The monoisotopic (exact) mass is 386 g/mol. The van der Waals surface area contributed by atoms with E-state index in [1.807, 2.05) is 48.0 Å². The van der Waals surface area contributed by atoms with Crippen LogP contribution in [0.2, 0.25) is 0 Å². The molecule has 3 aromatic rings. The van der Waals surface area contributed by atoms with Gasteiger partial charge in [-0.3, -0.25) is 4.57 Å². The van der Waals surface area contributed by atoms with Crippen molar-refractivity contribution in [2.24, 2.45) is 7.05 Å². The number of benzene rings is 1. The number of hydrogen-bond acceptors (Lipinski definition) is 6. The van der Waals surface area contributed by atoms with Gasteiger partial charge in [-0.25, -0.2) is 17.7 Å². The Morgan fingerprint density at radius 1 is 0.963 bits per heavy atom. The van der Waals surface area contributed by atoms with Gasteiger partial charge in [0.15, 0.2) is 5.82 Å². The zero-order valence-corrected chi connectivity index (χ0v) is 16.2. The standard InChI is InChI=1S/C18H22N6O2S/c1-22-17(16-9-8-14-6-3-4-7-15(14)19-16)20-21-18(22)23-10-5-11-24(13-12-23)27(2,25)26/h3-4,6-9H,5,10-13H2,1-2H3. The van der Waals surface area contributed by atoms with Crippen LogP contribution in [0, 0.1) is 0 Å². The van der Waals surface area contributed by atoms with Crippen molar-refractivity contribution in [3.63, 3.8) is 0 Å². The van der Waals surface area contributed by atoms with Crippen LogP contribution in [0.1, 0.15) is 6.42 Å². The predicted molar refractivity (Wildman–Crippen MR) is 105 cm³/mol. The van der Waals surface area contributed by atoms with E-state index < -0.39 is 10.0 Å². The Kier molecular flexibility index (Phi) is 4.56. The van der Waals surface area contributed by atoms with Crippen LogP contribution in [0.3, 0.4) is 0 Å². The third kappa shape index (κ3) is 3.52. The molecule has 0 bridgehead atoms. The lowest BCUT2D eigenvalue weighted by Crippen LogP contribution is -2.35. The quantitative estimate of drug-likeness (QED) is 0.678. The number of nitrogens with zero attached hydrogens (tertiary/aromatic N) is 6. The van der Waals surface area contributed by atoms with Gasteiger partial charge >= 0.3 is 0 Å². The Labute approximate surface area is 158 Å². The van der Waals surface area contributed by atoms with Gasteiger partial charge in [-0.2, -0.15) is 0 Å². The summed E-state index contributed by atoms with van der Waals surface area (Å²) in [5.41, 5.74) is 1.68. The summed E-state index contributed by atoms with van der Waals surface area (Å²) in [6.45, 7) is 2.31. The van der Waals surface area contributed by atoms with E-state index >= 15 is 0 Å². The first-order valence-corrected chi connectivity index (χ1v) is 10.7. The molecule has 0 amide bonds. The highest BCUT2D eigenvalue weighted by atomic mass is 32.2. The average molecular weight is 386 g/mol. The van der Waals surface area contributed by atoms with Crippen LogP contribution in [0.15, 0.2) is 36.4 Å². The van der Waals surface area contributed by atoms with Gasteiger partial charge < -0.3 is 4.90 Å². The fraction of sp³-hybridized carbons (Fsp3) is 0.389.